The van der Waals surface area contributed by atoms with E-state index in [1.165, 1.54) is 184 Å². The molecular weight excluding hydrogens is 821 g/mol. The van der Waals surface area contributed by atoms with E-state index in [0.717, 1.165) is 51.4 Å². The summed E-state index contributed by atoms with van der Waals surface area (Å²) >= 11 is 3.69. The number of unbranched alkanes of at least 4 members (excludes halogenated alkanes) is 18. The Morgan fingerprint density at radius 1 is 0.397 bits per heavy atom. The second-order valence-corrected chi connectivity index (χ2v) is 25.9. The van der Waals surface area contributed by atoms with Gasteiger partial charge in [-0.15, -0.1) is 22.7 Å². The summed E-state index contributed by atoms with van der Waals surface area (Å²) in [6.45, 7) is 13.7. The van der Waals surface area contributed by atoms with E-state index in [1.54, 1.807) is 10.4 Å². The molecular formula is C58H90O2S2Si. The van der Waals surface area contributed by atoms with Crippen molar-refractivity contribution in [1.82, 2.24) is 0 Å². The molecule has 0 radical (unpaired) electrons. The predicted octanol–water partition coefficient (Wildman–Crippen LogP) is 18.1. The molecule has 0 aliphatic carbocycles. The van der Waals surface area contributed by atoms with E-state index in [2.05, 4.69) is 101 Å². The number of aliphatic hydroxyl groups is 2. The molecule has 1 aliphatic rings. The Labute approximate surface area is 396 Å². The van der Waals surface area contributed by atoms with Crippen molar-refractivity contribution in [3.8, 4) is 32.0 Å². The molecule has 2 nitrogen and oxygen atoms in total. The summed E-state index contributed by atoms with van der Waals surface area (Å²) in [5.41, 5.74) is 6.38. The fourth-order valence-electron chi connectivity index (χ4n) is 11.1. The van der Waals surface area contributed by atoms with Crippen LogP contribution >= 0.6 is 22.7 Å². The Balaban J connectivity index is 1.64. The van der Waals surface area contributed by atoms with Gasteiger partial charge in [-0.3, -0.25) is 0 Å². The standard InChI is InChI=1S/C58H90O2S2Si/c1-7-13-19-21-23-29-43-63(44-30-24-22-20-14-8-2)53-45-47(55-51(35-41-61-55)57(59,37-25-15-9-3)38-26-16-10-4)31-33-49(53)50-34-32-48(46-54(50)63)56-52(36-42-62-56)58(60,39-27-17-11-5)40-28-18-12-6/h31-36,41-42,45-46,59-60H,7-30,37-40,43-44H2,1-6H3. The first-order chi connectivity index (χ1) is 30.8. The maximum absolute atomic E-state index is 12.6. The molecule has 0 saturated carbocycles. The van der Waals surface area contributed by atoms with Crippen LogP contribution in [0, 0.1) is 0 Å². The van der Waals surface area contributed by atoms with E-state index >= 15 is 0 Å². The quantitative estimate of drug-likeness (QED) is 0.0362. The van der Waals surface area contributed by atoms with E-state index < -0.39 is 19.3 Å². The maximum Gasteiger partial charge on any atom is 0.119 e. The zero-order valence-corrected chi connectivity index (χ0v) is 43.8. The third-order valence-electron chi connectivity index (χ3n) is 14.9. The first-order valence-corrected chi connectivity index (χ1v) is 30.8. The monoisotopic (exact) mass is 911 g/mol. The van der Waals surface area contributed by atoms with Gasteiger partial charge in [-0.05, 0) is 93.3 Å². The SMILES string of the molecule is CCCCCCCC[Si]1(CCCCCCCC)c2cc(-c3sccc3C(O)(CCCCC)CCCCC)ccc2-c2ccc(-c3sccc3C(O)(CCCCC)CCCCC)cc21. The van der Waals surface area contributed by atoms with Crippen LogP contribution in [0.5, 0.6) is 0 Å². The molecule has 0 saturated heterocycles. The van der Waals surface area contributed by atoms with Gasteiger partial charge in [0.05, 0.1) is 11.2 Å². The highest BCUT2D eigenvalue weighted by molar-refractivity contribution is 7.14. The Bertz CT molecular complexity index is 1730. The van der Waals surface area contributed by atoms with Crippen molar-refractivity contribution in [3.05, 3.63) is 70.4 Å². The molecule has 3 heterocycles. The summed E-state index contributed by atoms with van der Waals surface area (Å²) < 4.78 is 0. The number of benzene rings is 2. The van der Waals surface area contributed by atoms with Gasteiger partial charge < -0.3 is 10.2 Å². The maximum atomic E-state index is 12.6. The van der Waals surface area contributed by atoms with Crippen molar-refractivity contribution < 1.29 is 10.2 Å². The third kappa shape index (κ3) is 13.5. The first-order valence-electron chi connectivity index (χ1n) is 26.7. The normalized spacial score (nSPS) is 13.5. The van der Waals surface area contributed by atoms with Crippen LogP contribution in [-0.2, 0) is 11.2 Å². The molecule has 0 bridgehead atoms. The largest absolute Gasteiger partial charge is 0.385 e. The second-order valence-electron chi connectivity index (χ2n) is 19.9. The van der Waals surface area contributed by atoms with E-state index in [0.29, 0.717) is 0 Å². The van der Waals surface area contributed by atoms with Gasteiger partial charge in [0.2, 0.25) is 0 Å². The average Bonchev–Trinajstić information content (AvgIpc) is 4.05. The van der Waals surface area contributed by atoms with Crippen LogP contribution in [0.2, 0.25) is 12.1 Å². The van der Waals surface area contributed by atoms with Gasteiger partial charge in [-0.1, -0.05) is 232 Å². The highest BCUT2D eigenvalue weighted by Crippen LogP contribution is 2.46. The zero-order valence-electron chi connectivity index (χ0n) is 41.2. The van der Waals surface area contributed by atoms with Crippen molar-refractivity contribution in [3.63, 3.8) is 0 Å². The lowest BCUT2D eigenvalue weighted by Crippen LogP contribution is -2.55. The zero-order chi connectivity index (χ0) is 45.0. The summed E-state index contributed by atoms with van der Waals surface area (Å²) in [6, 6.07) is 22.3. The van der Waals surface area contributed by atoms with Crippen LogP contribution in [0.3, 0.4) is 0 Å². The van der Waals surface area contributed by atoms with Crippen molar-refractivity contribution in [1.29, 1.82) is 0 Å². The molecule has 0 atom stereocenters. The molecule has 63 heavy (non-hydrogen) atoms. The molecule has 5 heteroatoms. The summed E-state index contributed by atoms with van der Waals surface area (Å²) in [5.74, 6) is 0. The van der Waals surface area contributed by atoms with Crippen molar-refractivity contribution in [2.45, 2.75) is 245 Å². The van der Waals surface area contributed by atoms with Gasteiger partial charge in [-0.2, -0.15) is 0 Å². The fourth-order valence-corrected chi connectivity index (χ4v) is 18.7. The highest BCUT2D eigenvalue weighted by Gasteiger charge is 2.45. The molecule has 0 fully saturated rings. The number of rotatable bonds is 34. The number of thiophene rings is 2. The van der Waals surface area contributed by atoms with Crippen molar-refractivity contribution >= 4 is 41.1 Å². The number of hydrogen-bond donors (Lipinski definition) is 2. The topological polar surface area (TPSA) is 40.5 Å². The van der Waals surface area contributed by atoms with Gasteiger partial charge in [0.15, 0.2) is 0 Å². The van der Waals surface area contributed by atoms with Crippen LogP contribution < -0.4 is 10.4 Å². The van der Waals surface area contributed by atoms with Crippen molar-refractivity contribution in [2.24, 2.45) is 0 Å². The summed E-state index contributed by atoms with van der Waals surface area (Å²) in [5, 5.41) is 33.1. The van der Waals surface area contributed by atoms with Crippen LogP contribution in [0.1, 0.15) is 232 Å². The minimum absolute atomic E-state index is 0.782. The summed E-state index contributed by atoms with van der Waals surface area (Å²) in [4.78, 5) is 2.58. The predicted molar refractivity (Wildman–Crippen MR) is 284 cm³/mol. The van der Waals surface area contributed by atoms with Crippen LogP contribution in [-0.4, -0.2) is 18.3 Å². The second kappa shape index (κ2) is 27.0. The van der Waals surface area contributed by atoms with Crippen LogP contribution in [0.25, 0.3) is 32.0 Å². The highest BCUT2D eigenvalue weighted by atomic mass is 32.1. The Kier molecular flexibility index (Phi) is 22.2. The van der Waals surface area contributed by atoms with Gasteiger partial charge in [0.25, 0.3) is 0 Å². The molecule has 0 amide bonds. The molecule has 2 N–H and O–H groups in total. The number of fused-ring (bicyclic) bond motifs is 3. The van der Waals surface area contributed by atoms with Gasteiger partial charge in [0, 0.05) is 20.9 Å². The molecule has 5 rings (SSSR count). The minimum atomic E-state index is -2.24. The van der Waals surface area contributed by atoms with Gasteiger partial charge in [0.1, 0.15) is 8.07 Å². The Morgan fingerprint density at radius 3 is 1.06 bits per heavy atom. The average molecular weight is 912 g/mol. The molecule has 2 aromatic heterocycles. The van der Waals surface area contributed by atoms with Gasteiger partial charge >= 0.3 is 0 Å². The summed E-state index contributed by atoms with van der Waals surface area (Å²) in [6.07, 6.45) is 33.0. The molecule has 0 unspecified atom stereocenters. The Hall–Kier alpha value is -2.02. The van der Waals surface area contributed by atoms with E-state index in [9.17, 15) is 10.2 Å². The van der Waals surface area contributed by atoms with E-state index in [4.69, 9.17) is 0 Å². The van der Waals surface area contributed by atoms with Crippen LogP contribution in [0.4, 0.5) is 0 Å². The number of hydrogen-bond acceptors (Lipinski definition) is 4. The minimum Gasteiger partial charge on any atom is -0.385 e. The summed E-state index contributed by atoms with van der Waals surface area (Å²) in [7, 11) is -2.24. The van der Waals surface area contributed by atoms with Gasteiger partial charge in [-0.25, -0.2) is 0 Å². The fraction of sp³-hybridized carbons (Fsp3) is 0.655. The molecule has 2 aromatic carbocycles. The molecule has 0 spiro atoms. The first kappa shape index (κ1) is 52.0. The molecule has 1 aliphatic heterocycles. The lowest BCUT2D eigenvalue weighted by Gasteiger charge is -2.32. The third-order valence-corrected chi connectivity index (χ3v) is 22.1. The Morgan fingerprint density at radius 2 is 0.714 bits per heavy atom. The van der Waals surface area contributed by atoms with E-state index in [-0.39, 0.29) is 0 Å². The lowest BCUT2D eigenvalue weighted by atomic mass is 9.83. The van der Waals surface area contributed by atoms with E-state index in [1.807, 2.05) is 22.7 Å². The molecule has 350 valence electrons. The molecule has 4 aromatic rings. The smallest absolute Gasteiger partial charge is 0.119 e. The van der Waals surface area contributed by atoms with Crippen molar-refractivity contribution in [2.75, 3.05) is 0 Å². The van der Waals surface area contributed by atoms with Crippen LogP contribution in [0.15, 0.2) is 59.3 Å². The lowest BCUT2D eigenvalue weighted by molar-refractivity contribution is 0.0140.